The summed E-state index contributed by atoms with van der Waals surface area (Å²) < 4.78 is 33.1. The van der Waals surface area contributed by atoms with E-state index < -0.39 is 10.0 Å². The Kier molecular flexibility index (Phi) is 5.82. The van der Waals surface area contributed by atoms with Crippen LogP contribution in [0.5, 0.6) is 5.75 Å². The highest BCUT2D eigenvalue weighted by Crippen LogP contribution is 2.28. The fourth-order valence-electron chi connectivity index (χ4n) is 3.13. The summed E-state index contributed by atoms with van der Waals surface area (Å²) in [5.41, 5.74) is 1.76. The van der Waals surface area contributed by atoms with Gasteiger partial charge in [0.15, 0.2) is 0 Å². The molecule has 2 aromatic carbocycles. The van der Waals surface area contributed by atoms with Crippen LogP contribution < -0.4 is 4.74 Å². The lowest BCUT2D eigenvalue weighted by Gasteiger charge is -2.21. The molecular formula is C20H24N2O4S. The number of sulfonamides is 1. The second-order valence-electron chi connectivity index (χ2n) is 6.48. The fraction of sp³-hybridized carbons (Fsp3) is 0.350. The van der Waals surface area contributed by atoms with Gasteiger partial charge in [0.05, 0.1) is 4.90 Å². The highest BCUT2D eigenvalue weighted by Gasteiger charge is 2.27. The molecule has 0 fully saturated rings. The lowest BCUT2D eigenvalue weighted by molar-refractivity contribution is -0.129. The number of carbonyl (C=O) groups is 1. The van der Waals surface area contributed by atoms with E-state index in [0.29, 0.717) is 25.4 Å². The number of hydrogen-bond donors (Lipinski definition) is 0. The van der Waals surface area contributed by atoms with Crippen LogP contribution in [0.15, 0.2) is 53.4 Å². The number of rotatable bonds is 5. The second-order valence-corrected chi connectivity index (χ2v) is 8.41. The maximum atomic E-state index is 13.0. The molecular weight excluding hydrogens is 364 g/mol. The second kappa shape index (κ2) is 8.10. The summed E-state index contributed by atoms with van der Waals surface area (Å²) >= 11 is 0. The number of hydrogen-bond acceptors (Lipinski definition) is 4. The third-order valence-electron chi connectivity index (χ3n) is 4.65. The van der Waals surface area contributed by atoms with Gasteiger partial charge in [0.1, 0.15) is 12.4 Å². The summed E-state index contributed by atoms with van der Waals surface area (Å²) in [4.78, 5) is 13.7. The minimum atomic E-state index is -3.59. The fourth-order valence-corrected chi connectivity index (χ4v) is 4.56. The predicted molar refractivity (Wildman–Crippen MR) is 103 cm³/mol. The number of benzene rings is 2. The summed E-state index contributed by atoms with van der Waals surface area (Å²) in [7, 11) is -3.59. The molecule has 0 bridgehead atoms. The van der Waals surface area contributed by atoms with Crippen molar-refractivity contribution in [1.82, 2.24) is 9.21 Å². The third kappa shape index (κ3) is 4.31. The van der Waals surface area contributed by atoms with E-state index >= 15 is 0 Å². The van der Waals surface area contributed by atoms with Crippen molar-refractivity contribution in [2.45, 2.75) is 31.8 Å². The van der Waals surface area contributed by atoms with Gasteiger partial charge in [-0.1, -0.05) is 24.3 Å². The Labute approximate surface area is 160 Å². The minimum absolute atomic E-state index is 0.0111. The molecule has 2 aromatic rings. The van der Waals surface area contributed by atoms with Gasteiger partial charge in [-0.15, -0.1) is 0 Å². The first-order valence-corrected chi connectivity index (χ1v) is 10.4. The van der Waals surface area contributed by atoms with Crippen molar-refractivity contribution in [3.05, 3.63) is 59.7 Å². The number of fused-ring (bicyclic) bond motifs is 1. The van der Waals surface area contributed by atoms with Crippen molar-refractivity contribution in [1.29, 1.82) is 0 Å². The Balaban J connectivity index is 1.88. The number of ether oxygens (including phenoxy) is 1. The SMILES string of the molecule is CCN(Cc1ccc2c(c1)CN(S(=O)(=O)c1ccccc1)CCO2)C(C)=O. The highest BCUT2D eigenvalue weighted by molar-refractivity contribution is 7.89. The first kappa shape index (κ1) is 19.4. The average Bonchev–Trinajstić information content (AvgIpc) is 2.89. The largest absolute Gasteiger partial charge is 0.492 e. The molecule has 3 rings (SSSR count). The van der Waals surface area contributed by atoms with E-state index in [1.54, 1.807) is 42.2 Å². The molecule has 7 heteroatoms. The zero-order valence-electron chi connectivity index (χ0n) is 15.6. The molecule has 1 amide bonds. The van der Waals surface area contributed by atoms with Crippen molar-refractivity contribution >= 4 is 15.9 Å². The summed E-state index contributed by atoms with van der Waals surface area (Å²) in [6, 6.07) is 14.1. The first-order valence-electron chi connectivity index (χ1n) is 8.97. The smallest absolute Gasteiger partial charge is 0.243 e. The molecule has 0 unspecified atom stereocenters. The molecule has 0 radical (unpaired) electrons. The maximum Gasteiger partial charge on any atom is 0.243 e. The molecule has 6 nitrogen and oxygen atoms in total. The Morgan fingerprint density at radius 1 is 1.19 bits per heavy atom. The molecule has 0 N–H and O–H groups in total. The van der Waals surface area contributed by atoms with Crippen LogP contribution in [0.4, 0.5) is 0 Å². The standard InChI is InChI=1S/C20H24N2O4S/c1-3-21(16(2)23)14-17-9-10-20-18(13-17)15-22(11-12-26-20)27(24,25)19-7-5-4-6-8-19/h4-10,13H,3,11-12,14-15H2,1-2H3. The number of amides is 1. The average molecular weight is 388 g/mol. The van der Waals surface area contributed by atoms with Crippen LogP contribution in [-0.4, -0.2) is 43.2 Å². The number of carbonyl (C=O) groups excluding carboxylic acids is 1. The molecule has 1 aliphatic heterocycles. The summed E-state index contributed by atoms with van der Waals surface area (Å²) in [6.45, 7) is 5.42. The van der Waals surface area contributed by atoms with Gasteiger partial charge >= 0.3 is 0 Å². The molecule has 144 valence electrons. The monoisotopic (exact) mass is 388 g/mol. The van der Waals surface area contributed by atoms with Crippen molar-refractivity contribution in [2.75, 3.05) is 19.7 Å². The van der Waals surface area contributed by atoms with Gasteiger partial charge in [0.2, 0.25) is 15.9 Å². The molecule has 1 aliphatic rings. The predicted octanol–water partition coefficient (Wildman–Crippen LogP) is 2.64. The lowest BCUT2D eigenvalue weighted by Crippen LogP contribution is -2.32. The van der Waals surface area contributed by atoms with Crippen LogP contribution in [0.3, 0.4) is 0 Å². The van der Waals surface area contributed by atoms with Gasteiger partial charge in [-0.3, -0.25) is 4.79 Å². The van der Waals surface area contributed by atoms with Crippen molar-refractivity contribution in [2.24, 2.45) is 0 Å². The summed E-state index contributed by atoms with van der Waals surface area (Å²) in [5.74, 6) is 0.701. The van der Waals surface area contributed by atoms with Crippen LogP contribution in [0, 0.1) is 0 Å². The lowest BCUT2D eigenvalue weighted by atomic mass is 10.1. The van der Waals surface area contributed by atoms with E-state index in [4.69, 9.17) is 4.74 Å². The van der Waals surface area contributed by atoms with Crippen molar-refractivity contribution < 1.29 is 17.9 Å². The van der Waals surface area contributed by atoms with Crippen molar-refractivity contribution in [3.63, 3.8) is 0 Å². The van der Waals surface area contributed by atoms with E-state index in [1.807, 2.05) is 25.1 Å². The molecule has 27 heavy (non-hydrogen) atoms. The van der Waals surface area contributed by atoms with E-state index in [-0.39, 0.29) is 23.9 Å². The Morgan fingerprint density at radius 2 is 1.93 bits per heavy atom. The van der Waals surface area contributed by atoms with Gasteiger partial charge in [-0.2, -0.15) is 4.31 Å². The Morgan fingerprint density at radius 3 is 2.59 bits per heavy atom. The molecule has 0 atom stereocenters. The van der Waals surface area contributed by atoms with E-state index in [9.17, 15) is 13.2 Å². The number of nitrogens with zero attached hydrogens (tertiary/aromatic N) is 2. The topological polar surface area (TPSA) is 66.9 Å². The Bertz CT molecular complexity index is 913. The van der Waals surface area contributed by atoms with Gasteiger partial charge in [-0.25, -0.2) is 8.42 Å². The van der Waals surface area contributed by atoms with Crippen LogP contribution in [0.1, 0.15) is 25.0 Å². The third-order valence-corrected chi connectivity index (χ3v) is 6.51. The molecule has 0 saturated heterocycles. The first-order chi connectivity index (χ1) is 12.9. The van der Waals surface area contributed by atoms with Crippen LogP contribution >= 0.6 is 0 Å². The zero-order chi connectivity index (χ0) is 19.4. The van der Waals surface area contributed by atoms with Gasteiger partial charge in [0, 0.05) is 38.7 Å². The van der Waals surface area contributed by atoms with Crippen molar-refractivity contribution in [3.8, 4) is 5.75 Å². The minimum Gasteiger partial charge on any atom is -0.492 e. The maximum absolute atomic E-state index is 13.0. The molecule has 0 saturated carbocycles. The van der Waals surface area contributed by atoms with E-state index in [2.05, 4.69) is 0 Å². The van der Waals surface area contributed by atoms with Crippen LogP contribution in [0.25, 0.3) is 0 Å². The van der Waals surface area contributed by atoms with Crippen LogP contribution in [-0.2, 0) is 27.9 Å². The molecule has 0 aromatic heterocycles. The molecule has 0 aliphatic carbocycles. The van der Waals surface area contributed by atoms with E-state index in [0.717, 1.165) is 11.1 Å². The quantitative estimate of drug-likeness (QED) is 0.790. The molecule has 0 spiro atoms. The van der Waals surface area contributed by atoms with Gasteiger partial charge in [-0.05, 0) is 36.8 Å². The summed E-state index contributed by atoms with van der Waals surface area (Å²) in [5, 5.41) is 0. The zero-order valence-corrected chi connectivity index (χ0v) is 16.4. The van der Waals surface area contributed by atoms with Gasteiger partial charge < -0.3 is 9.64 Å². The van der Waals surface area contributed by atoms with Crippen LogP contribution in [0.2, 0.25) is 0 Å². The summed E-state index contributed by atoms with van der Waals surface area (Å²) in [6.07, 6.45) is 0. The van der Waals surface area contributed by atoms with Gasteiger partial charge in [0.25, 0.3) is 0 Å². The normalized spacial score (nSPS) is 14.7. The molecule has 1 heterocycles. The Hall–Kier alpha value is -2.38. The highest BCUT2D eigenvalue weighted by atomic mass is 32.2. The van der Waals surface area contributed by atoms with E-state index in [1.165, 1.54) is 4.31 Å².